The molecular weight excluding hydrogens is 336 g/mol. The molecule has 1 rings (SSSR count). The highest BCUT2D eigenvalue weighted by Crippen LogP contribution is 2.22. The minimum Gasteiger partial charge on any atom is -0.442 e. The van der Waals surface area contributed by atoms with Crippen LogP contribution in [0.3, 0.4) is 0 Å². The number of hydrogen-bond acceptors (Lipinski definition) is 3. The third-order valence-electron chi connectivity index (χ3n) is 4.12. The molecule has 4 nitrogen and oxygen atoms in total. The molecule has 0 fully saturated rings. The van der Waals surface area contributed by atoms with Crippen LogP contribution in [0.1, 0.15) is 105 Å². The van der Waals surface area contributed by atoms with Crippen molar-refractivity contribution in [2.24, 2.45) is 5.41 Å². The average Bonchev–Trinajstić information content (AvgIpc) is 2.99. The highest BCUT2D eigenvalue weighted by atomic mass is 16.6. The van der Waals surface area contributed by atoms with E-state index in [0.29, 0.717) is 5.41 Å². The van der Waals surface area contributed by atoms with Crippen molar-refractivity contribution < 1.29 is 9.53 Å². The van der Waals surface area contributed by atoms with Gasteiger partial charge in [0, 0.05) is 6.42 Å². The van der Waals surface area contributed by atoms with E-state index in [4.69, 9.17) is 4.74 Å². The summed E-state index contributed by atoms with van der Waals surface area (Å²) in [5.41, 5.74) is 0.698. The third kappa shape index (κ3) is 12.3. The minimum atomic E-state index is -0.526. The molecule has 27 heavy (non-hydrogen) atoms. The first-order chi connectivity index (χ1) is 12.6. The van der Waals surface area contributed by atoms with Crippen LogP contribution in [0.25, 0.3) is 0 Å². The number of unbranched alkanes of at least 4 members (excludes halogenated alkanes) is 7. The summed E-state index contributed by atoms with van der Waals surface area (Å²) in [6, 6.07) is 0. The number of carbonyl (C=O) groups is 1. The van der Waals surface area contributed by atoms with Crippen LogP contribution < -0.4 is 0 Å². The van der Waals surface area contributed by atoms with E-state index in [9.17, 15) is 4.79 Å². The van der Waals surface area contributed by atoms with Gasteiger partial charge in [0.05, 0.1) is 18.0 Å². The lowest BCUT2D eigenvalue weighted by Crippen LogP contribution is -2.27. The summed E-state index contributed by atoms with van der Waals surface area (Å²) in [4.78, 5) is 11.9. The second kappa shape index (κ2) is 11.2. The maximum absolute atomic E-state index is 11.9. The molecule has 0 spiro atoms. The van der Waals surface area contributed by atoms with Gasteiger partial charge in [0.2, 0.25) is 0 Å². The van der Waals surface area contributed by atoms with E-state index >= 15 is 0 Å². The smallest absolute Gasteiger partial charge is 0.435 e. The third-order valence-corrected chi connectivity index (χ3v) is 4.12. The second-order valence-corrected chi connectivity index (χ2v) is 9.49. The molecule has 1 heterocycles. The number of ether oxygens (including phenoxy) is 1. The van der Waals surface area contributed by atoms with Crippen molar-refractivity contribution >= 4 is 6.09 Å². The highest BCUT2D eigenvalue weighted by molar-refractivity contribution is 5.70. The quantitative estimate of drug-likeness (QED) is 0.381. The van der Waals surface area contributed by atoms with Crippen LogP contribution in [0.15, 0.2) is 12.4 Å². The normalized spacial score (nSPS) is 11.8. The lowest BCUT2D eigenvalue weighted by atomic mass is 9.89. The molecule has 0 N–H and O–H groups in total. The number of rotatable bonds is 8. The van der Waals surface area contributed by atoms with Crippen LogP contribution in [0.2, 0.25) is 0 Å². The van der Waals surface area contributed by atoms with Crippen molar-refractivity contribution in [3.8, 4) is 11.8 Å². The topological polar surface area (TPSA) is 44.1 Å². The summed E-state index contributed by atoms with van der Waals surface area (Å²) in [6.45, 7) is 12.5. The van der Waals surface area contributed by atoms with Gasteiger partial charge in [-0.15, -0.1) is 0 Å². The fourth-order valence-corrected chi connectivity index (χ4v) is 2.71. The van der Waals surface area contributed by atoms with E-state index in [-0.39, 0.29) is 0 Å². The molecule has 4 heteroatoms. The first-order valence-corrected chi connectivity index (χ1v) is 10.3. The summed E-state index contributed by atoms with van der Waals surface area (Å²) in [5.74, 6) is 6.25. The van der Waals surface area contributed by atoms with Crippen LogP contribution in [-0.4, -0.2) is 21.5 Å². The molecule has 0 bridgehead atoms. The zero-order chi connectivity index (χ0) is 20.3. The molecule has 0 radical (unpaired) electrons. The first-order valence-electron chi connectivity index (χ1n) is 10.3. The van der Waals surface area contributed by atoms with Crippen LogP contribution in [-0.2, 0) is 4.74 Å². The van der Waals surface area contributed by atoms with Crippen molar-refractivity contribution in [3.63, 3.8) is 0 Å². The summed E-state index contributed by atoms with van der Waals surface area (Å²) < 4.78 is 6.48. The zero-order valence-corrected chi connectivity index (χ0v) is 18.2. The molecule has 0 amide bonds. The Morgan fingerprint density at radius 3 is 2.19 bits per heavy atom. The Balaban J connectivity index is 2.13. The van der Waals surface area contributed by atoms with Gasteiger partial charge in [-0.05, 0) is 39.0 Å². The van der Waals surface area contributed by atoms with Gasteiger partial charge in [-0.2, -0.15) is 9.78 Å². The second-order valence-electron chi connectivity index (χ2n) is 9.49. The Morgan fingerprint density at radius 1 is 1.00 bits per heavy atom. The summed E-state index contributed by atoms with van der Waals surface area (Å²) >= 11 is 0. The van der Waals surface area contributed by atoms with Gasteiger partial charge in [0.25, 0.3) is 0 Å². The Hall–Kier alpha value is -1.76. The number of nitrogens with zero attached hydrogens (tertiary/aromatic N) is 2. The van der Waals surface area contributed by atoms with Crippen molar-refractivity contribution in [3.05, 3.63) is 18.0 Å². The molecular formula is C23H38N2O2. The highest BCUT2D eigenvalue weighted by Gasteiger charge is 2.18. The van der Waals surface area contributed by atoms with Gasteiger partial charge < -0.3 is 4.74 Å². The van der Waals surface area contributed by atoms with E-state index in [1.807, 2.05) is 20.8 Å². The van der Waals surface area contributed by atoms with Crippen LogP contribution in [0.5, 0.6) is 0 Å². The van der Waals surface area contributed by atoms with Gasteiger partial charge in [-0.25, -0.2) is 4.79 Å². The molecule has 0 saturated carbocycles. The fraction of sp³-hybridized carbons (Fsp3) is 0.739. The minimum absolute atomic E-state index is 0.474. The predicted octanol–water partition coefficient (Wildman–Crippen LogP) is 6.57. The predicted molar refractivity (Wildman–Crippen MR) is 112 cm³/mol. The Kier molecular flexibility index (Phi) is 9.63. The summed E-state index contributed by atoms with van der Waals surface area (Å²) in [6.07, 6.45) is 14.0. The average molecular weight is 375 g/mol. The van der Waals surface area contributed by atoms with E-state index in [1.165, 1.54) is 49.6 Å². The lowest BCUT2D eigenvalue weighted by Gasteiger charge is -2.18. The van der Waals surface area contributed by atoms with Gasteiger partial charge >= 0.3 is 6.09 Å². The van der Waals surface area contributed by atoms with Gasteiger partial charge in [0.15, 0.2) is 0 Å². The zero-order valence-electron chi connectivity index (χ0n) is 18.2. The molecule has 0 saturated heterocycles. The van der Waals surface area contributed by atoms with Crippen molar-refractivity contribution in [1.29, 1.82) is 0 Å². The van der Waals surface area contributed by atoms with Gasteiger partial charge in [-0.1, -0.05) is 71.1 Å². The number of carbonyl (C=O) groups excluding carboxylic acids is 1. The maximum atomic E-state index is 11.9. The van der Waals surface area contributed by atoms with Gasteiger partial charge in [0.1, 0.15) is 5.60 Å². The molecule has 152 valence electrons. The van der Waals surface area contributed by atoms with Crippen LogP contribution in [0.4, 0.5) is 4.79 Å². The molecule has 1 aromatic heterocycles. The van der Waals surface area contributed by atoms with Crippen molar-refractivity contribution in [2.45, 2.75) is 105 Å². The molecule has 0 aliphatic heterocycles. The van der Waals surface area contributed by atoms with Gasteiger partial charge in [-0.3, -0.25) is 0 Å². The van der Waals surface area contributed by atoms with Crippen molar-refractivity contribution in [2.75, 3.05) is 0 Å². The number of aromatic nitrogens is 2. The molecule has 0 aliphatic carbocycles. The van der Waals surface area contributed by atoms with E-state index in [0.717, 1.165) is 18.4 Å². The monoisotopic (exact) mass is 374 g/mol. The maximum Gasteiger partial charge on any atom is 0.435 e. The van der Waals surface area contributed by atoms with E-state index < -0.39 is 11.7 Å². The Morgan fingerprint density at radius 2 is 1.59 bits per heavy atom. The SMILES string of the molecule is CC(C)(C)CCCCCCCCCC#Cc1cnn(C(=O)OC(C)(C)C)c1. The summed E-state index contributed by atoms with van der Waals surface area (Å²) in [5, 5.41) is 4.02. The summed E-state index contributed by atoms with van der Waals surface area (Å²) in [7, 11) is 0. The van der Waals surface area contributed by atoms with Crippen LogP contribution in [0, 0.1) is 17.3 Å². The lowest BCUT2D eigenvalue weighted by molar-refractivity contribution is 0.0514. The molecule has 0 aliphatic rings. The largest absolute Gasteiger partial charge is 0.442 e. The molecule has 0 unspecified atom stereocenters. The molecule has 1 aromatic rings. The Bertz CT molecular complexity index is 621. The fourth-order valence-electron chi connectivity index (χ4n) is 2.71. The first kappa shape index (κ1) is 23.3. The standard InChI is InChI=1S/C23H38N2O2/c1-22(2,3)17-15-13-11-9-7-8-10-12-14-16-20-18-24-25(19-20)21(26)27-23(4,5)6/h18-19H,7-13,15,17H2,1-6H3. The Labute approximate surface area is 166 Å². The molecule has 0 atom stereocenters. The van der Waals surface area contributed by atoms with Crippen molar-refractivity contribution in [1.82, 2.24) is 9.78 Å². The van der Waals surface area contributed by atoms with E-state index in [2.05, 4.69) is 37.7 Å². The molecule has 0 aromatic carbocycles. The van der Waals surface area contributed by atoms with E-state index in [1.54, 1.807) is 12.4 Å². The number of hydrogen-bond donors (Lipinski definition) is 0. The van der Waals surface area contributed by atoms with Crippen LogP contribution >= 0.6 is 0 Å².